The highest BCUT2D eigenvalue weighted by Crippen LogP contribution is 2.52. The summed E-state index contributed by atoms with van der Waals surface area (Å²) in [5.41, 5.74) is -0.339. The first kappa shape index (κ1) is 31.7. The highest BCUT2D eigenvalue weighted by Gasteiger charge is 2.58. The Morgan fingerprint density at radius 1 is 1.09 bits per heavy atom. The maximum absolute atomic E-state index is 13.6. The van der Waals surface area contributed by atoms with E-state index < -0.39 is 39.7 Å². The molecule has 2 heterocycles. The number of aliphatic carboxylic acids is 1. The van der Waals surface area contributed by atoms with Crippen LogP contribution in [0, 0.1) is 21.4 Å². The molecular weight excluding hydrogens is 552 g/mol. The van der Waals surface area contributed by atoms with Crippen LogP contribution in [0.2, 0.25) is 0 Å². The minimum atomic E-state index is -1.21. The minimum Gasteiger partial charge on any atom is -0.478 e. The maximum Gasteiger partial charge on any atom is 0.333 e. The number of nitrogens with zero attached hydrogens (tertiary/aromatic N) is 3. The summed E-state index contributed by atoms with van der Waals surface area (Å²) in [7, 11) is 1.27. The molecule has 2 aliphatic heterocycles. The predicted molar refractivity (Wildman–Crippen MR) is 160 cm³/mol. The molecule has 11 heteroatoms. The van der Waals surface area contributed by atoms with Crippen molar-refractivity contribution < 1.29 is 29.2 Å². The molecule has 0 radical (unpaired) electrons. The van der Waals surface area contributed by atoms with Gasteiger partial charge in [-0.25, -0.2) is 4.79 Å². The number of allylic oxidation sites excluding steroid dienone is 1. The molecule has 230 valence electrons. The summed E-state index contributed by atoms with van der Waals surface area (Å²) in [5, 5.41) is 25.2. The number of carbonyl (C=O) groups is 3. The average molecular weight is 593 g/mol. The van der Waals surface area contributed by atoms with Gasteiger partial charge < -0.3 is 20.1 Å². The number of nitro benzene ring substituents is 1. The lowest BCUT2D eigenvalue weighted by molar-refractivity contribution is -0.384. The van der Waals surface area contributed by atoms with Gasteiger partial charge in [-0.3, -0.25) is 24.6 Å². The van der Waals surface area contributed by atoms with E-state index in [0.29, 0.717) is 56.0 Å². The van der Waals surface area contributed by atoms with Crippen LogP contribution < -0.4 is 5.32 Å². The summed E-state index contributed by atoms with van der Waals surface area (Å²) >= 11 is 0. The third-order valence-electron chi connectivity index (χ3n) is 9.38. The topological polar surface area (TPSA) is 142 Å². The van der Waals surface area contributed by atoms with E-state index in [1.807, 2.05) is 56.0 Å². The molecule has 11 nitrogen and oxygen atoms in total. The van der Waals surface area contributed by atoms with Crippen molar-refractivity contribution >= 4 is 23.5 Å². The molecule has 0 aromatic heterocycles. The number of amides is 1. The molecule has 2 aromatic carbocycles. The molecule has 0 saturated carbocycles. The van der Waals surface area contributed by atoms with Gasteiger partial charge in [0.05, 0.1) is 29.1 Å². The monoisotopic (exact) mass is 592 g/mol. The molecule has 43 heavy (non-hydrogen) atoms. The number of carbonyl (C=O) groups excluding carboxylic acids is 2. The second-order valence-corrected chi connectivity index (χ2v) is 12.1. The molecule has 0 spiro atoms. The summed E-state index contributed by atoms with van der Waals surface area (Å²) in [6, 6.07) is 15.0. The van der Waals surface area contributed by atoms with Gasteiger partial charge in [-0.2, -0.15) is 0 Å². The molecule has 3 unspecified atom stereocenters. The first-order valence-electron chi connectivity index (χ1n) is 14.4. The van der Waals surface area contributed by atoms with E-state index >= 15 is 0 Å². The number of carboxylic acid groups (broad SMARTS) is 1. The standard InChI is InChI=1S/C32H40N4O7/c1-21-25(29(38)39)26(23-12-9-13-24(20-23)36(41)42)27(30(40)43-5)32(4,33-21)31(2,3)14-15-34-16-18-35(19-17-34)28(37)22-10-7-6-8-11-22/h6-13,20,26-27,33H,14-19H2,1-5H3,(H,38,39). The van der Waals surface area contributed by atoms with Gasteiger partial charge in [0, 0.05) is 55.5 Å². The van der Waals surface area contributed by atoms with Gasteiger partial charge in [0.15, 0.2) is 0 Å². The number of rotatable bonds is 9. The molecule has 1 amide bonds. The van der Waals surface area contributed by atoms with Gasteiger partial charge in [-0.15, -0.1) is 0 Å². The lowest BCUT2D eigenvalue weighted by atomic mass is 9.57. The zero-order valence-electron chi connectivity index (χ0n) is 25.3. The number of benzene rings is 2. The molecule has 2 aliphatic rings. The van der Waals surface area contributed by atoms with E-state index in [1.165, 1.54) is 25.3 Å². The smallest absolute Gasteiger partial charge is 0.333 e. The molecule has 0 bridgehead atoms. The van der Waals surface area contributed by atoms with E-state index in [9.17, 15) is 29.6 Å². The molecule has 3 atom stereocenters. The zero-order valence-corrected chi connectivity index (χ0v) is 25.3. The fourth-order valence-corrected chi connectivity index (χ4v) is 6.48. The molecule has 2 N–H and O–H groups in total. The van der Waals surface area contributed by atoms with Crippen LogP contribution in [-0.2, 0) is 14.3 Å². The van der Waals surface area contributed by atoms with Crippen LogP contribution in [0.4, 0.5) is 5.69 Å². The van der Waals surface area contributed by atoms with Crippen molar-refractivity contribution in [2.75, 3.05) is 39.8 Å². The Labute approximate surface area is 251 Å². The fraction of sp³-hybridized carbons (Fsp3) is 0.469. The Morgan fingerprint density at radius 2 is 1.74 bits per heavy atom. The van der Waals surface area contributed by atoms with Crippen LogP contribution in [0.25, 0.3) is 0 Å². The van der Waals surface area contributed by atoms with Crippen LogP contribution in [0.1, 0.15) is 56.0 Å². The van der Waals surface area contributed by atoms with Gasteiger partial charge in [-0.05, 0) is 49.9 Å². The Balaban J connectivity index is 1.59. The SMILES string of the molecule is COC(=O)C1C(c2cccc([N+](=O)[O-])c2)C(C(=O)O)=C(C)NC1(C)C(C)(C)CCN1CCN(C(=O)c2ccccc2)CC1. The van der Waals surface area contributed by atoms with E-state index in [4.69, 9.17) is 4.74 Å². The van der Waals surface area contributed by atoms with Gasteiger partial charge in [0.2, 0.25) is 0 Å². The molecule has 0 aliphatic carbocycles. The van der Waals surface area contributed by atoms with Crippen molar-refractivity contribution in [3.63, 3.8) is 0 Å². The number of nitro groups is 1. The van der Waals surface area contributed by atoms with Crippen LogP contribution >= 0.6 is 0 Å². The maximum atomic E-state index is 13.6. The first-order chi connectivity index (χ1) is 20.3. The fourth-order valence-electron chi connectivity index (χ4n) is 6.48. The lowest BCUT2D eigenvalue weighted by Gasteiger charge is -2.55. The van der Waals surface area contributed by atoms with Gasteiger partial charge >= 0.3 is 11.9 Å². The number of carboxylic acids is 1. The van der Waals surface area contributed by atoms with Gasteiger partial charge in [0.1, 0.15) is 0 Å². The molecule has 1 fully saturated rings. The van der Waals surface area contributed by atoms with E-state index in [-0.39, 0.29) is 17.2 Å². The second kappa shape index (κ2) is 12.5. The normalized spacial score (nSPS) is 23.0. The highest BCUT2D eigenvalue weighted by molar-refractivity contribution is 5.94. The number of hydrogen-bond acceptors (Lipinski definition) is 8. The van der Waals surface area contributed by atoms with Crippen molar-refractivity contribution in [1.82, 2.24) is 15.1 Å². The van der Waals surface area contributed by atoms with E-state index in [0.717, 1.165) is 0 Å². The van der Waals surface area contributed by atoms with Crippen LogP contribution in [0.15, 0.2) is 65.9 Å². The summed E-state index contributed by atoms with van der Waals surface area (Å²) < 4.78 is 5.26. The Morgan fingerprint density at radius 3 is 2.33 bits per heavy atom. The number of ether oxygens (including phenoxy) is 1. The number of esters is 1. The Hall–Kier alpha value is -4.25. The zero-order chi connectivity index (χ0) is 31.5. The van der Waals surface area contributed by atoms with Crippen molar-refractivity contribution in [1.29, 1.82) is 0 Å². The summed E-state index contributed by atoms with van der Waals surface area (Å²) in [5.74, 6) is -3.77. The largest absolute Gasteiger partial charge is 0.478 e. The Bertz CT molecular complexity index is 1420. The number of piperazine rings is 1. The third-order valence-corrected chi connectivity index (χ3v) is 9.38. The van der Waals surface area contributed by atoms with Gasteiger partial charge in [0.25, 0.3) is 11.6 Å². The van der Waals surface area contributed by atoms with Gasteiger partial charge in [-0.1, -0.05) is 44.2 Å². The van der Waals surface area contributed by atoms with E-state index in [1.54, 1.807) is 13.0 Å². The predicted octanol–water partition coefficient (Wildman–Crippen LogP) is 4.06. The minimum absolute atomic E-state index is 0.0177. The molecule has 4 rings (SSSR count). The summed E-state index contributed by atoms with van der Waals surface area (Å²) in [4.78, 5) is 54.2. The number of hydrogen-bond donors (Lipinski definition) is 2. The summed E-state index contributed by atoms with van der Waals surface area (Å²) in [6.45, 7) is 11.0. The average Bonchev–Trinajstić information content (AvgIpc) is 2.99. The van der Waals surface area contributed by atoms with Crippen molar-refractivity contribution in [3.05, 3.63) is 87.1 Å². The highest BCUT2D eigenvalue weighted by atomic mass is 16.6. The Kier molecular flexibility index (Phi) is 9.24. The van der Waals surface area contributed by atoms with Crippen LogP contribution in [-0.4, -0.2) is 83.0 Å². The molecule has 2 aromatic rings. The third kappa shape index (κ3) is 6.27. The number of methoxy groups -OCH3 is 1. The van der Waals surface area contributed by atoms with E-state index in [2.05, 4.69) is 10.2 Å². The van der Waals surface area contributed by atoms with Crippen LogP contribution in [0.5, 0.6) is 0 Å². The molecule has 1 saturated heterocycles. The van der Waals surface area contributed by atoms with Crippen molar-refractivity contribution in [2.24, 2.45) is 11.3 Å². The second-order valence-electron chi connectivity index (χ2n) is 12.1. The molecular formula is C32H40N4O7. The summed E-state index contributed by atoms with van der Waals surface area (Å²) in [6.07, 6.45) is 0.647. The lowest BCUT2D eigenvalue weighted by Crippen LogP contribution is -2.65. The first-order valence-corrected chi connectivity index (χ1v) is 14.4. The van der Waals surface area contributed by atoms with Crippen molar-refractivity contribution in [2.45, 2.75) is 45.6 Å². The number of nitrogens with one attached hydrogen (secondary N) is 1. The van der Waals surface area contributed by atoms with Crippen LogP contribution in [0.3, 0.4) is 0 Å². The number of non-ortho nitro benzene ring substituents is 1. The quantitative estimate of drug-likeness (QED) is 0.250. The van der Waals surface area contributed by atoms with Crippen molar-refractivity contribution in [3.8, 4) is 0 Å².